The highest BCUT2D eigenvalue weighted by molar-refractivity contribution is 4.91. The number of unbranched alkanes of at least 4 members (excludes halogenated alkanes) is 3. The molecule has 0 aliphatic carbocycles. The molecule has 0 fully saturated rings. The molecule has 0 heterocycles. The first kappa shape index (κ1) is 16.9. The molecule has 0 saturated heterocycles. The van der Waals surface area contributed by atoms with Crippen molar-refractivity contribution in [3.05, 3.63) is 0 Å². The number of nitrogens with one attached hydrogen (secondary N) is 1. The minimum Gasteiger partial charge on any atom is -0.312 e. The number of nitrogens with zero attached hydrogens (tertiary/aromatic N) is 1. The van der Waals surface area contributed by atoms with E-state index in [4.69, 9.17) is 0 Å². The van der Waals surface area contributed by atoms with Gasteiger partial charge in [0.1, 0.15) is 0 Å². The molecule has 1 unspecified atom stereocenters. The third kappa shape index (κ3) is 6.42. The lowest BCUT2D eigenvalue weighted by Crippen LogP contribution is -2.55. The van der Waals surface area contributed by atoms with E-state index in [1.54, 1.807) is 0 Å². The zero-order chi connectivity index (χ0) is 13.3. The molecule has 17 heavy (non-hydrogen) atoms. The van der Waals surface area contributed by atoms with Crippen molar-refractivity contribution >= 4 is 0 Å². The number of rotatable bonds is 10. The first-order chi connectivity index (χ1) is 7.96. The van der Waals surface area contributed by atoms with E-state index in [-0.39, 0.29) is 5.54 Å². The van der Waals surface area contributed by atoms with Gasteiger partial charge in [-0.1, -0.05) is 39.5 Å². The lowest BCUT2D eigenvalue weighted by atomic mass is 9.88. The first-order valence-electron chi connectivity index (χ1n) is 7.37. The molecule has 0 saturated carbocycles. The van der Waals surface area contributed by atoms with Gasteiger partial charge in [0.25, 0.3) is 0 Å². The molecule has 0 aromatic heterocycles. The number of likely N-dealkylation sites (N-methyl/N-ethyl adjacent to an activating group) is 1. The van der Waals surface area contributed by atoms with Crippen LogP contribution in [0.1, 0.15) is 66.2 Å². The van der Waals surface area contributed by atoms with Gasteiger partial charge in [-0.25, -0.2) is 0 Å². The molecule has 0 aromatic carbocycles. The Morgan fingerprint density at radius 2 is 1.65 bits per heavy atom. The first-order valence-corrected chi connectivity index (χ1v) is 7.37. The van der Waals surface area contributed by atoms with E-state index in [1.807, 2.05) is 0 Å². The molecule has 0 radical (unpaired) electrons. The fourth-order valence-electron chi connectivity index (χ4n) is 2.11. The fourth-order valence-corrected chi connectivity index (χ4v) is 2.11. The Balaban J connectivity index is 4.22. The average Bonchev–Trinajstić information content (AvgIpc) is 2.27. The Morgan fingerprint density at radius 1 is 1.00 bits per heavy atom. The van der Waals surface area contributed by atoms with E-state index in [0.717, 1.165) is 6.54 Å². The van der Waals surface area contributed by atoms with Crippen molar-refractivity contribution in [2.45, 2.75) is 77.8 Å². The van der Waals surface area contributed by atoms with Gasteiger partial charge >= 0.3 is 0 Å². The van der Waals surface area contributed by atoms with Gasteiger partial charge in [-0.05, 0) is 47.3 Å². The topological polar surface area (TPSA) is 15.3 Å². The molecule has 0 amide bonds. The highest BCUT2D eigenvalue weighted by Crippen LogP contribution is 2.21. The van der Waals surface area contributed by atoms with Crippen molar-refractivity contribution in [2.24, 2.45) is 0 Å². The van der Waals surface area contributed by atoms with Crippen LogP contribution in [0.15, 0.2) is 0 Å². The highest BCUT2D eigenvalue weighted by Gasteiger charge is 2.30. The summed E-state index contributed by atoms with van der Waals surface area (Å²) in [4.78, 5) is 2.35. The zero-order valence-electron chi connectivity index (χ0n) is 13.0. The Hall–Kier alpha value is -0.0800. The van der Waals surface area contributed by atoms with E-state index in [9.17, 15) is 0 Å². The predicted octanol–water partition coefficient (Wildman–Crippen LogP) is 3.67. The van der Waals surface area contributed by atoms with Crippen LogP contribution in [0.4, 0.5) is 0 Å². The minimum absolute atomic E-state index is 0.237. The summed E-state index contributed by atoms with van der Waals surface area (Å²) in [6, 6.07) is 0.606. The van der Waals surface area contributed by atoms with Crippen LogP contribution in [0, 0.1) is 0 Å². The van der Waals surface area contributed by atoms with Crippen molar-refractivity contribution in [3.8, 4) is 0 Å². The molecule has 1 N–H and O–H groups in total. The van der Waals surface area contributed by atoms with E-state index >= 15 is 0 Å². The van der Waals surface area contributed by atoms with Crippen molar-refractivity contribution in [1.82, 2.24) is 10.2 Å². The van der Waals surface area contributed by atoms with Gasteiger partial charge in [0.05, 0.1) is 0 Å². The lowest BCUT2D eigenvalue weighted by molar-refractivity contribution is 0.130. The quantitative estimate of drug-likeness (QED) is 0.588. The summed E-state index contributed by atoms with van der Waals surface area (Å²) >= 11 is 0. The van der Waals surface area contributed by atoms with Crippen LogP contribution in [0.3, 0.4) is 0 Å². The molecule has 0 spiro atoms. The fraction of sp³-hybridized carbons (Fsp3) is 1.00. The Kier molecular flexibility index (Phi) is 8.89. The van der Waals surface area contributed by atoms with Crippen molar-refractivity contribution < 1.29 is 0 Å². The summed E-state index contributed by atoms with van der Waals surface area (Å²) in [5.74, 6) is 0. The molecule has 0 aliphatic rings. The van der Waals surface area contributed by atoms with E-state index in [1.165, 1.54) is 38.5 Å². The Labute approximate surface area is 109 Å². The van der Waals surface area contributed by atoms with Crippen molar-refractivity contribution in [1.29, 1.82) is 0 Å². The Bertz CT molecular complexity index is 176. The molecule has 0 aromatic rings. The van der Waals surface area contributed by atoms with Gasteiger partial charge in [-0.2, -0.15) is 0 Å². The van der Waals surface area contributed by atoms with Crippen molar-refractivity contribution in [2.75, 3.05) is 20.6 Å². The average molecular weight is 242 g/mol. The molecule has 2 heteroatoms. The third-order valence-electron chi connectivity index (χ3n) is 3.99. The normalized spacial score (nSPS) is 14.3. The minimum atomic E-state index is 0.237. The monoisotopic (exact) mass is 242 g/mol. The van der Waals surface area contributed by atoms with Gasteiger partial charge in [0, 0.05) is 11.6 Å². The summed E-state index contributed by atoms with van der Waals surface area (Å²) in [5, 5.41) is 3.73. The summed E-state index contributed by atoms with van der Waals surface area (Å²) in [6.45, 7) is 10.3. The Morgan fingerprint density at radius 3 is 2.12 bits per heavy atom. The summed E-state index contributed by atoms with van der Waals surface area (Å²) < 4.78 is 0. The van der Waals surface area contributed by atoms with Crippen LogP contribution in [-0.2, 0) is 0 Å². The SMILES string of the molecule is CCCCCCC(NCCC)C(C)(C)N(C)C. The molecule has 104 valence electrons. The number of hydrogen-bond donors (Lipinski definition) is 1. The zero-order valence-corrected chi connectivity index (χ0v) is 13.0. The van der Waals surface area contributed by atoms with Gasteiger partial charge < -0.3 is 10.2 Å². The van der Waals surface area contributed by atoms with Crippen LogP contribution in [0.25, 0.3) is 0 Å². The molecular formula is C15H34N2. The van der Waals surface area contributed by atoms with E-state index < -0.39 is 0 Å². The second-order valence-corrected chi connectivity index (χ2v) is 5.90. The standard InChI is InChI=1S/C15H34N2/c1-7-9-10-11-12-14(16-13-8-2)15(3,4)17(5)6/h14,16H,7-13H2,1-6H3. The predicted molar refractivity (Wildman–Crippen MR) is 78.6 cm³/mol. The number of hydrogen-bond acceptors (Lipinski definition) is 2. The van der Waals surface area contributed by atoms with Gasteiger partial charge in [0.15, 0.2) is 0 Å². The molecule has 1 atom stereocenters. The third-order valence-corrected chi connectivity index (χ3v) is 3.99. The molecular weight excluding hydrogens is 208 g/mol. The van der Waals surface area contributed by atoms with E-state index in [0.29, 0.717) is 6.04 Å². The molecule has 2 nitrogen and oxygen atoms in total. The lowest BCUT2D eigenvalue weighted by Gasteiger charge is -2.41. The summed E-state index contributed by atoms with van der Waals surface area (Å²) in [5.41, 5.74) is 0.237. The maximum absolute atomic E-state index is 3.73. The molecule has 0 aliphatic heterocycles. The van der Waals surface area contributed by atoms with Gasteiger partial charge in [0.2, 0.25) is 0 Å². The summed E-state index contributed by atoms with van der Waals surface area (Å²) in [7, 11) is 4.37. The van der Waals surface area contributed by atoms with E-state index in [2.05, 4.69) is 52.0 Å². The smallest absolute Gasteiger partial charge is 0.0300 e. The largest absolute Gasteiger partial charge is 0.312 e. The molecule has 0 bridgehead atoms. The van der Waals surface area contributed by atoms with Crippen LogP contribution in [-0.4, -0.2) is 37.1 Å². The van der Waals surface area contributed by atoms with Gasteiger partial charge in [-0.15, -0.1) is 0 Å². The van der Waals surface area contributed by atoms with Crippen LogP contribution in [0.5, 0.6) is 0 Å². The summed E-state index contributed by atoms with van der Waals surface area (Å²) in [6.07, 6.45) is 7.95. The van der Waals surface area contributed by atoms with Crippen LogP contribution >= 0.6 is 0 Å². The molecule has 0 rings (SSSR count). The van der Waals surface area contributed by atoms with Crippen LogP contribution < -0.4 is 5.32 Å². The maximum atomic E-state index is 3.73. The van der Waals surface area contributed by atoms with Crippen LogP contribution in [0.2, 0.25) is 0 Å². The second kappa shape index (κ2) is 8.93. The maximum Gasteiger partial charge on any atom is 0.0300 e. The highest BCUT2D eigenvalue weighted by atomic mass is 15.2. The van der Waals surface area contributed by atoms with Gasteiger partial charge in [-0.3, -0.25) is 0 Å². The van der Waals surface area contributed by atoms with Crippen molar-refractivity contribution in [3.63, 3.8) is 0 Å². The second-order valence-electron chi connectivity index (χ2n) is 5.90.